The fraction of sp³-hybridized carbons (Fsp3) is 0.250. The van der Waals surface area contributed by atoms with E-state index in [2.05, 4.69) is 16.3 Å². The smallest absolute Gasteiger partial charge is 0.195 e. The third-order valence-corrected chi connectivity index (χ3v) is 3.59. The molecule has 0 amide bonds. The highest BCUT2D eigenvalue weighted by Gasteiger charge is 2.12. The molecule has 0 aliphatic heterocycles. The molecule has 1 N–H and O–H groups in total. The average molecular weight is 260 g/mol. The molecule has 0 unspecified atom stereocenters. The quantitative estimate of drug-likeness (QED) is 0.912. The number of aliphatic hydroxyl groups is 1. The Bertz CT molecular complexity index is 600. The van der Waals surface area contributed by atoms with Gasteiger partial charge in [-0.1, -0.05) is 6.07 Å². The van der Waals surface area contributed by atoms with Crippen LogP contribution in [0.4, 0.5) is 0 Å². The maximum Gasteiger partial charge on any atom is 0.195 e. The molecule has 0 saturated carbocycles. The van der Waals surface area contributed by atoms with Crippen LogP contribution < -0.4 is 0 Å². The highest BCUT2D eigenvalue weighted by molar-refractivity contribution is 7.99. The molecule has 92 valence electrons. The number of aryl methyl sites for hydroxylation is 1. The Morgan fingerprint density at radius 1 is 1.50 bits per heavy atom. The highest BCUT2D eigenvalue weighted by Crippen LogP contribution is 2.32. The van der Waals surface area contributed by atoms with E-state index in [1.807, 2.05) is 7.05 Å². The van der Waals surface area contributed by atoms with Crippen LogP contribution in [-0.2, 0) is 7.05 Å². The minimum atomic E-state index is -0.589. The molecule has 0 bridgehead atoms. The number of nitrogens with zero attached hydrogens (tertiary/aromatic N) is 4. The molecule has 0 fully saturated rings. The molecule has 0 aliphatic carbocycles. The minimum Gasteiger partial charge on any atom is -0.389 e. The van der Waals surface area contributed by atoms with Gasteiger partial charge in [0, 0.05) is 11.9 Å². The van der Waals surface area contributed by atoms with Crippen LogP contribution in [0.1, 0.15) is 24.2 Å². The van der Waals surface area contributed by atoms with E-state index in [9.17, 15) is 5.11 Å². The molecule has 1 aromatic heterocycles. The summed E-state index contributed by atoms with van der Waals surface area (Å²) in [6.45, 7) is 1.70. The van der Waals surface area contributed by atoms with Crippen molar-refractivity contribution in [3.63, 3.8) is 0 Å². The molecule has 18 heavy (non-hydrogen) atoms. The summed E-state index contributed by atoms with van der Waals surface area (Å²) in [4.78, 5) is 0.820. The lowest BCUT2D eigenvalue weighted by Gasteiger charge is -2.11. The fourth-order valence-electron chi connectivity index (χ4n) is 1.50. The van der Waals surface area contributed by atoms with Crippen LogP contribution in [0.2, 0.25) is 0 Å². The van der Waals surface area contributed by atoms with Crippen molar-refractivity contribution < 1.29 is 5.11 Å². The third kappa shape index (κ3) is 2.53. The molecule has 1 aromatic carbocycles. The summed E-state index contributed by atoms with van der Waals surface area (Å²) < 4.78 is 1.79. The lowest BCUT2D eigenvalue weighted by atomic mass is 10.1. The number of hydrogen-bond donors (Lipinski definition) is 1. The zero-order chi connectivity index (χ0) is 13.1. The summed E-state index contributed by atoms with van der Waals surface area (Å²) >= 11 is 1.38. The maximum absolute atomic E-state index is 9.73. The molecule has 0 saturated heterocycles. The van der Waals surface area contributed by atoms with Crippen LogP contribution in [0.15, 0.2) is 34.6 Å². The second kappa shape index (κ2) is 5.21. The monoisotopic (exact) mass is 260 g/mol. The highest BCUT2D eigenvalue weighted by atomic mass is 32.2. The van der Waals surface area contributed by atoms with Crippen molar-refractivity contribution in [3.8, 4) is 6.07 Å². The number of nitriles is 1. The fourth-order valence-corrected chi connectivity index (χ4v) is 2.52. The predicted octanol–water partition coefficient (Wildman–Crippen LogP) is 1.89. The van der Waals surface area contributed by atoms with Gasteiger partial charge in [-0.2, -0.15) is 5.26 Å². The SMILES string of the molecule is C[C@@H](O)c1ccc(C#N)cc1Sc1nncn1C. The van der Waals surface area contributed by atoms with Crippen molar-refractivity contribution in [1.82, 2.24) is 14.8 Å². The molecule has 1 heterocycles. The second-order valence-corrected chi connectivity index (χ2v) is 4.88. The van der Waals surface area contributed by atoms with Crippen LogP contribution in [0, 0.1) is 11.3 Å². The predicted molar refractivity (Wildman–Crippen MR) is 66.9 cm³/mol. The number of aromatic nitrogens is 3. The van der Waals surface area contributed by atoms with Gasteiger partial charge in [-0.3, -0.25) is 0 Å². The topological polar surface area (TPSA) is 74.7 Å². The molecular formula is C12H12N4OS. The summed E-state index contributed by atoms with van der Waals surface area (Å²) in [5.41, 5.74) is 1.34. The van der Waals surface area contributed by atoms with Crippen LogP contribution in [0.5, 0.6) is 0 Å². The first kappa shape index (κ1) is 12.6. The number of benzene rings is 1. The standard InChI is InChI=1S/C12H12N4OS/c1-8(17)10-4-3-9(6-13)5-11(10)18-12-15-14-7-16(12)2/h3-5,7-8,17H,1-2H3/t8-/m1/s1. The second-order valence-electron chi connectivity index (χ2n) is 3.87. The number of rotatable bonds is 3. The first-order valence-electron chi connectivity index (χ1n) is 5.35. The first-order valence-corrected chi connectivity index (χ1v) is 6.17. The van der Waals surface area contributed by atoms with Crippen LogP contribution in [0.25, 0.3) is 0 Å². The number of aliphatic hydroxyl groups excluding tert-OH is 1. The van der Waals surface area contributed by atoms with E-state index in [-0.39, 0.29) is 0 Å². The lowest BCUT2D eigenvalue weighted by molar-refractivity contribution is 0.196. The molecule has 6 heteroatoms. The largest absolute Gasteiger partial charge is 0.389 e. The van der Waals surface area contributed by atoms with Crippen molar-refractivity contribution in [3.05, 3.63) is 35.7 Å². The molecule has 0 spiro atoms. The third-order valence-electron chi connectivity index (χ3n) is 2.46. The van der Waals surface area contributed by atoms with E-state index in [0.717, 1.165) is 10.5 Å². The Labute approximate surface area is 109 Å². The molecule has 0 radical (unpaired) electrons. The summed E-state index contributed by atoms with van der Waals surface area (Å²) in [5, 5.41) is 27.1. The van der Waals surface area contributed by atoms with E-state index >= 15 is 0 Å². The van der Waals surface area contributed by atoms with Gasteiger partial charge in [0.05, 0.1) is 17.7 Å². The summed E-state index contributed by atoms with van der Waals surface area (Å²) in [6.07, 6.45) is 1.02. The lowest BCUT2D eigenvalue weighted by Crippen LogP contribution is -1.96. The Balaban J connectivity index is 2.42. The van der Waals surface area contributed by atoms with Gasteiger partial charge in [0.25, 0.3) is 0 Å². The Hall–Kier alpha value is -1.84. The first-order chi connectivity index (χ1) is 8.61. The maximum atomic E-state index is 9.73. The van der Waals surface area contributed by atoms with Gasteiger partial charge >= 0.3 is 0 Å². The van der Waals surface area contributed by atoms with E-state index < -0.39 is 6.10 Å². The average Bonchev–Trinajstić information content (AvgIpc) is 2.74. The van der Waals surface area contributed by atoms with Crippen molar-refractivity contribution in [2.45, 2.75) is 23.1 Å². The zero-order valence-electron chi connectivity index (χ0n) is 10.0. The summed E-state index contributed by atoms with van der Waals surface area (Å²) in [7, 11) is 1.85. The van der Waals surface area contributed by atoms with Gasteiger partial charge in [-0.15, -0.1) is 10.2 Å². The molecule has 2 aromatic rings. The van der Waals surface area contributed by atoms with Gasteiger partial charge in [-0.05, 0) is 36.4 Å². The molecule has 5 nitrogen and oxygen atoms in total. The van der Waals surface area contributed by atoms with Crippen molar-refractivity contribution in [2.24, 2.45) is 7.05 Å². The molecule has 1 atom stereocenters. The normalized spacial score (nSPS) is 12.1. The van der Waals surface area contributed by atoms with Crippen LogP contribution >= 0.6 is 11.8 Å². The number of hydrogen-bond acceptors (Lipinski definition) is 5. The van der Waals surface area contributed by atoms with Gasteiger partial charge in [0.2, 0.25) is 0 Å². The molecule has 2 rings (SSSR count). The zero-order valence-corrected chi connectivity index (χ0v) is 10.8. The summed E-state index contributed by atoms with van der Waals surface area (Å²) in [6, 6.07) is 7.30. The van der Waals surface area contributed by atoms with E-state index in [4.69, 9.17) is 5.26 Å². The Morgan fingerprint density at radius 2 is 2.28 bits per heavy atom. The summed E-state index contributed by atoms with van der Waals surface area (Å²) in [5.74, 6) is 0. The van der Waals surface area contributed by atoms with Crippen LogP contribution in [-0.4, -0.2) is 19.9 Å². The van der Waals surface area contributed by atoms with E-state index in [1.165, 1.54) is 11.8 Å². The van der Waals surface area contributed by atoms with E-state index in [0.29, 0.717) is 10.7 Å². The van der Waals surface area contributed by atoms with Gasteiger partial charge in [0.15, 0.2) is 5.16 Å². The minimum absolute atomic E-state index is 0.559. The van der Waals surface area contributed by atoms with Crippen LogP contribution in [0.3, 0.4) is 0 Å². The van der Waals surface area contributed by atoms with Crippen molar-refractivity contribution in [2.75, 3.05) is 0 Å². The van der Waals surface area contributed by atoms with Gasteiger partial charge < -0.3 is 9.67 Å². The van der Waals surface area contributed by atoms with Crippen molar-refractivity contribution >= 4 is 11.8 Å². The van der Waals surface area contributed by atoms with Gasteiger partial charge in [0.1, 0.15) is 6.33 Å². The van der Waals surface area contributed by atoms with Crippen molar-refractivity contribution in [1.29, 1.82) is 5.26 Å². The van der Waals surface area contributed by atoms with E-state index in [1.54, 1.807) is 36.0 Å². The molecular weight excluding hydrogens is 248 g/mol. The Morgan fingerprint density at radius 3 is 2.83 bits per heavy atom. The molecule has 0 aliphatic rings. The van der Waals surface area contributed by atoms with Gasteiger partial charge in [-0.25, -0.2) is 0 Å². The Kier molecular flexibility index (Phi) is 3.65.